The summed E-state index contributed by atoms with van der Waals surface area (Å²) in [6, 6.07) is 6.99. The zero-order valence-electron chi connectivity index (χ0n) is 13.8. The van der Waals surface area contributed by atoms with Gasteiger partial charge in [-0.3, -0.25) is 4.79 Å². The first-order valence-corrected chi connectivity index (χ1v) is 9.52. The molecule has 0 unspecified atom stereocenters. The minimum atomic E-state index is -3.51. The van der Waals surface area contributed by atoms with Crippen LogP contribution >= 0.6 is 11.6 Å². The molecule has 1 rings (SSSR count). The average Bonchev–Trinajstić information content (AvgIpc) is 2.44. The van der Waals surface area contributed by atoms with E-state index in [1.165, 1.54) is 0 Å². The van der Waals surface area contributed by atoms with Gasteiger partial charge in [0.25, 0.3) is 0 Å². The Labute approximate surface area is 143 Å². The highest BCUT2D eigenvalue weighted by atomic mass is 35.5. The van der Waals surface area contributed by atoms with E-state index in [-0.39, 0.29) is 19.0 Å². The second kappa shape index (κ2) is 9.22. The fraction of sp³-hybridized carbons (Fsp3) is 0.533. The van der Waals surface area contributed by atoms with Gasteiger partial charge in [-0.15, -0.1) is 0 Å². The highest BCUT2D eigenvalue weighted by molar-refractivity contribution is 7.88. The number of rotatable bonds is 9. The van der Waals surface area contributed by atoms with Crippen molar-refractivity contribution in [2.45, 2.75) is 13.0 Å². The molecule has 8 heteroatoms. The molecule has 0 aliphatic heterocycles. The Kier molecular flexibility index (Phi) is 7.98. The number of nitrogens with zero attached hydrogens (tertiary/aromatic N) is 2. The molecule has 0 fully saturated rings. The normalized spacial score (nSPS) is 11.9. The lowest BCUT2D eigenvalue weighted by Gasteiger charge is -2.20. The number of benzene rings is 1. The zero-order chi connectivity index (χ0) is 17.5. The first kappa shape index (κ1) is 19.9. The Morgan fingerprint density at radius 3 is 2.48 bits per heavy atom. The molecule has 0 saturated carbocycles. The molecule has 0 aromatic heterocycles. The number of hydrogen-bond donors (Lipinski definition) is 1. The van der Waals surface area contributed by atoms with Crippen LogP contribution in [-0.2, 0) is 21.4 Å². The van der Waals surface area contributed by atoms with Crippen molar-refractivity contribution in [2.24, 2.45) is 0 Å². The standard InChI is InChI=1S/C15H24ClN3O3S/c1-18(2)10-6-9-17-15(20)12-19(23(3,21)22)11-13-7-4-5-8-14(13)16/h4-5,7-8H,6,9-12H2,1-3H3,(H,17,20). The first-order chi connectivity index (χ1) is 10.7. The van der Waals surface area contributed by atoms with Crippen molar-refractivity contribution in [1.82, 2.24) is 14.5 Å². The lowest BCUT2D eigenvalue weighted by Crippen LogP contribution is -2.40. The van der Waals surface area contributed by atoms with Gasteiger partial charge in [0, 0.05) is 18.1 Å². The summed E-state index contributed by atoms with van der Waals surface area (Å²) in [6.45, 7) is 1.23. The smallest absolute Gasteiger partial charge is 0.235 e. The van der Waals surface area contributed by atoms with E-state index in [1.54, 1.807) is 24.3 Å². The number of carbonyl (C=O) groups is 1. The molecule has 0 spiro atoms. The summed E-state index contributed by atoms with van der Waals surface area (Å²) in [6.07, 6.45) is 1.89. The molecule has 6 nitrogen and oxygen atoms in total. The number of carbonyl (C=O) groups excluding carboxylic acids is 1. The molecule has 0 heterocycles. The summed E-state index contributed by atoms with van der Waals surface area (Å²) in [5, 5.41) is 3.22. The van der Waals surface area contributed by atoms with Gasteiger partial charge in [0.05, 0.1) is 12.8 Å². The molecule has 1 amide bonds. The fourth-order valence-corrected chi connectivity index (χ4v) is 2.87. The van der Waals surface area contributed by atoms with Crippen LogP contribution in [0.4, 0.5) is 0 Å². The predicted octanol–water partition coefficient (Wildman–Crippen LogP) is 1.17. The summed E-state index contributed by atoms with van der Waals surface area (Å²) >= 11 is 6.06. The third-order valence-corrected chi connectivity index (χ3v) is 4.76. The highest BCUT2D eigenvalue weighted by Gasteiger charge is 2.21. The molecule has 0 aliphatic carbocycles. The van der Waals surface area contributed by atoms with Gasteiger partial charge in [0.15, 0.2) is 0 Å². The van der Waals surface area contributed by atoms with Gasteiger partial charge in [0.1, 0.15) is 0 Å². The van der Waals surface area contributed by atoms with E-state index in [0.29, 0.717) is 17.1 Å². The molecule has 0 radical (unpaired) electrons. The first-order valence-electron chi connectivity index (χ1n) is 7.30. The number of amides is 1. The minimum Gasteiger partial charge on any atom is -0.355 e. The van der Waals surface area contributed by atoms with Crippen LogP contribution in [0.2, 0.25) is 5.02 Å². The van der Waals surface area contributed by atoms with E-state index < -0.39 is 10.0 Å². The van der Waals surface area contributed by atoms with Crippen LogP contribution < -0.4 is 5.32 Å². The van der Waals surface area contributed by atoms with Crippen LogP contribution in [-0.4, -0.2) is 63.5 Å². The van der Waals surface area contributed by atoms with Crippen molar-refractivity contribution < 1.29 is 13.2 Å². The molecule has 0 saturated heterocycles. The Balaban J connectivity index is 2.62. The minimum absolute atomic E-state index is 0.0730. The van der Waals surface area contributed by atoms with E-state index in [9.17, 15) is 13.2 Å². The lowest BCUT2D eigenvalue weighted by atomic mass is 10.2. The van der Waals surface area contributed by atoms with Crippen LogP contribution in [0.5, 0.6) is 0 Å². The quantitative estimate of drug-likeness (QED) is 0.670. The van der Waals surface area contributed by atoms with Crippen molar-refractivity contribution in [2.75, 3.05) is 40.0 Å². The monoisotopic (exact) mass is 361 g/mol. The summed E-state index contributed by atoms with van der Waals surface area (Å²) in [4.78, 5) is 14.0. The average molecular weight is 362 g/mol. The van der Waals surface area contributed by atoms with Crippen LogP contribution in [0.15, 0.2) is 24.3 Å². The van der Waals surface area contributed by atoms with Crippen LogP contribution in [0.1, 0.15) is 12.0 Å². The van der Waals surface area contributed by atoms with Crippen LogP contribution in [0.3, 0.4) is 0 Å². The summed E-state index contributed by atoms with van der Waals surface area (Å²) < 4.78 is 24.9. The predicted molar refractivity (Wildman–Crippen MR) is 92.9 cm³/mol. The Morgan fingerprint density at radius 2 is 1.91 bits per heavy atom. The SMILES string of the molecule is CN(C)CCCNC(=O)CN(Cc1ccccc1Cl)S(C)(=O)=O. The molecule has 1 aromatic rings. The van der Waals surface area contributed by atoms with Gasteiger partial charge < -0.3 is 10.2 Å². The van der Waals surface area contributed by atoms with E-state index in [4.69, 9.17) is 11.6 Å². The van der Waals surface area contributed by atoms with Gasteiger partial charge in [0.2, 0.25) is 15.9 Å². The third-order valence-electron chi connectivity index (χ3n) is 3.20. The molecular weight excluding hydrogens is 338 g/mol. The van der Waals surface area contributed by atoms with Crippen molar-refractivity contribution >= 4 is 27.5 Å². The van der Waals surface area contributed by atoms with Crippen LogP contribution in [0.25, 0.3) is 0 Å². The van der Waals surface area contributed by atoms with Gasteiger partial charge in [-0.25, -0.2) is 8.42 Å². The summed E-state index contributed by atoms with van der Waals surface area (Å²) in [5.74, 6) is -0.318. The van der Waals surface area contributed by atoms with E-state index in [2.05, 4.69) is 5.32 Å². The van der Waals surface area contributed by atoms with Crippen molar-refractivity contribution in [3.05, 3.63) is 34.9 Å². The van der Waals surface area contributed by atoms with E-state index >= 15 is 0 Å². The van der Waals surface area contributed by atoms with Crippen LogP contribution in [0, 0.1) is 0 Å². The number of sulfonamides is 1. The molecule has 130 valence electrons. The van der Waals surface area contributed by atoms with Gasteiger partial charge in [-0.2, -0.15) is 4.31 Å². The number of halogens is 1. The summed E-state index contributed by atoms with van der Waals surface area (Å²) in [5.41, 5.74) is 0.667. The zero-order valence-corrected chi connectivity index (χ0v) is 15.3. The molecule has 1 aromatic carbocycles. The lowest BCUT2D eigenvalue weighted by molar-refractivity contribution is -0.121. The topological polar surface area (TPSA) is 69.7 Å². The maximum Gasteiger partial charge on any atom is 0.235 e. The molecule has 1 N–H and O–H groups in total. The summed E-state index contributed by atoms with van der Waals surface area (Å²) in [7, 11) is 0.397. The van der Waals surface area contributed by atoms with E-state index in [0.717, 1.165) is 23.5 Å². The third kappa shape index (κ3) is 7.78. The van der Waals surface area contributed by atoms with Gasteiger partial charge in [-0.1, -0.05) is 29.8 Å². The van der Waals surface area contributed by atoms with E-state index in [1.807, 2.05) is 19.0 Å². The second-order valence-electron chi connectivity index (χ2n) is 5.63. The maximum atomic E-state index is 12.0. The molecular formula is C15H24ClN3O3S. The molecule has 0 bridgehead atoms. The highest BCUT2D eigenvalue weighted by Crippen LogP contribution is 2.18. The number of hydrogen-bond acceptors (Lipinski definition) is 4. The van der Waals surface area contributed by atoms with Crippen molar-refractivity contribution in [1.29, 1.82) is 0 Å². The Bertz CT molecular complexity index is 620. The molecule has 0 atom stereocenters. The van der Waals surface area contributed by atoms with Crippen molar-refractivity contribution in [3.8, 4) is 0 Å². The Morgan fingerprint density at radius 1 is 1.26 bits per heavy atom. The largest absolute Gasteiger partial charge is 0.355 e. The van der Waals surface area contributed by atoms with Gasteiger partial charge >= 0.3 is 0 Å². The van der Waals surface area contributed by atoms with Gasteiger partial charge in [-0.05, 0) is 38.7 Å². The maximum absolute atomic E-state index is 12.0. The number of nitrogens with one attached hydrogen (secondary N) is 1. The fourth-order valence-electron chi connectivity index (χ4n) is 1.95. The molecule has 23 heavy (non-hydrogen) atoms. The Hall–Kier alpha value is -1.15. The molecule has 0 aliphatic rings. The second-order valence-corrected chi connectivity index (χ2v) is 8.02. The van der Waals surface area contributed by atoms with Crippen molar-refractivity contribution in [3.63, 3.8) is 0 Å².